The molecule has 0 fully saturated rings. The molecule has 7 nitrogen and oxygen atoms in total. The Morgan fingerprint density at radius 3 is 2.89 bits per heavy atom. The maximum atomic E-state index is 8.55. The summed E-state index contributed by atoms with van der Waals surface area (Å²) in [6.07, 6.45) is 3.26. The van der Waals surface area contributed by atoms with Crippen LogP contribution in [-0.4, -0.2) is 59.1 Å². The minimum atomic E-state index is 0.253. The summed E-state index contributed by atoms with van der Waals surface area (Å²) in [4.78, 5) is 2.23. The number of methoxy groups -OCH3 is 1. The predicted molar refractivity (Wildman–Crippen MR) is 73.3 cm³/mol. The molecule has 0 aliphatic carbocycles. The molecule has 0 aromatic carbocycles. The number of amidine groups is 1. The van der Waals surface area contributed by atoms with Crippen molar-refractivity contribution in [1.29, 1.82) is 0 Å². The first-order valence-electron chi connectivity index (χ1n) is 6.32. The van der Waals surface area contributed by atoms with Crippen molar-refractivity contribution >= 4 is 5.84 Å². The molecule has 0 unspecified atom stereocenters. The van der Waals surface area contributed by atoms with E-state index in [1.54, 1.807) is 13.3 Å². The SMILES string of the molecule is COCCN(CCC(N)=NO)CCc1ccnn1C. The van der Waals surface area contributed by atoms with E-state index in [9.17, 15) is 0 Å². The highest BCUT2D eigenvalue weighted by molar-refractivity contribution is 5.79. The summed E-state index contributed by atoms with van der Waals surface area (Å²) >= 11 is 0. The van der Waals surface area contributed by atoms with Gasteiger partial charge in [-0.1, -0.05) is 5.16 Å². The van der Waals surface area contributed by atoms with Gasteiger partial charge in [-0.05, 0) is 6.07 Å². The minimum absolute atomic E-state index is 0.253. The third kappa shape index (κ3) is 5.71. The summed E-state index contributed by atoms with van der Waals surface area (Å²) in [5, 5.41) is 15.7. The number of hydrogen-bond donors (Lipinski definition) is 2. The number of hydrogen-bond acceptors (Lipinski definition) is 5. The lowest BCUT2D eigenvalue weighted by Crippen LogP contribution is -2.33. The molecule has 19 heavy (non-hydrogen) atoms. The van der Waals surface area contributed by atoms with E-state index in [0.29, 0.717) is 13.0 Å². The molecule has 3 N–H and O–H groups in total. The minimum Gasteiger partial charge on any atom is -0.409 e. The molecule has 1 aromatic rings. The zero-order valence-corrected chi connectivity index (χ0v) is 11.6. The highest BCUT2D eigenvalue weighted by atomic mass is 16.5. The van der Waals surface area contributed by atoms with E-state index in [2.05, 4.69) is 15.2 Å². The van der Waals surface area contributed by atoms with Gasteiger partial charge < -0.3 is 20.6 Å². The van der Waals surface area contributed by atoms with Crippen molar-refractivity contribution in [2.24, 2.45) is 17.9 Å². The van der Waals surface area contributed by atoms with Crippen LogP contribution in [0.25, 0.3) is 0 Å². The van der Waals surface area contributed by atoms with E-state index in [4.69, 9.17) is 15.7 Å². The first-order chi connectivity index (χ1) is 9.17. The monoisotopic (exact) mass is 269 g/mol. The molecule has 0 spiro atoms. The Hall–Kier alpha value is -1.60. The van der Waals surface area contributed by atoms with Crippen molar-refractivity contribution < 1.29 is 9.94 Å². The van der Waals surface area contributed by atoms with Gasteiger partial charge in [0.15, 0.2) is 0 Å². The van der Waals surface area contributed by atoms with Crippen LogP contribution in [0, 0.1) is 0 Å². The average Bonchev–Trinajstić information content (AvgIpc) is 2.83. The lowest BCUT2D eigenvalue weighted by atomic mass is 10.2. The molecule has 0 saturated heterocycles. The third-order valence-corrected chi connectivity index (χ3v) is 3.03. The molecular formula is C12H23N5O2. The van der Waals surface area contributed by atoms with Crippen LogP contribution in [0.4, 0.5) is 0 Å². The van der Waals surface area contributed by atoms with Gasteiger partial charge in [0.1, 0.15) is 5.84 Å². The fourth-order valence-corrected chi connectivity index (χ4v) is 1.80. The largest absolute Gasteiger partial charge is 0.409 e. The molecular weight excluding hydrogens is 246 g/mol. The van der Waals surface area contributed by atoms with E-state index < -0.39 is 0 Å². The van der Waals surface area contributed by atoms with Crippen molar-refractivity contribution in [3.8, 4) is 0 Å². The zero-order chi connectivity index (χ0) is 14.1. The van der Waals surface area contributed by atoms with Gasteiger partial charge in [-0.3, -0.25) is 4.68 Å². The van der Waals surface area contributed by atoms with Crippen LogP contribution >= 0.6 is 0 Å². The molecule has 0 aliphatic rings. The van der Waals surface area contributed by atoms with Crippen molar-refractivity contribution in [3.05, 3.63) is 18.0 Å². The second-order valence-electron chi connectivity index (χ2n) is 4.37. The van der Waals surface area contributed by atoms with Gasteiger partial charge in [-0.25, -0.2) is 0 Å². The van der Waals surface area contributed by atoms with Crippen molar-refractivity contribution in [2.45, 2.75) is 12.8 Å². The highest BCUT2D eigenvalue weighted by Crippen LogP contribution is 2.01. The fraction of sp³-hybridized carbons (Fsp3) is 0.667. The number of nitrogens with zero attached hydrogens (tertiary/aromatic N) is 4. The molecule has 7 heteroatoms. The number of nitrogens with two attached hydrogens (primary N) is 1. The lowest BCUT2D eigenvalue weighted by molar-refractivity contribution is 0.149. The number of oxime groups is 1. The lowest BCUT2D eigenvalue weighted by Gasteiger charge is -2.21. The summed E-state index contributed by atoms with van der Waals surface area (Å²) in [5.74, 6) is 0.253. The normalized spacial score (nSPS) is 12.3. The molecule has 0 aliphatic heterocycles. The first-order valence-corrected chi connectivity index (χ1v) is 6.32. The number of ether oxygens (including phenoxy) is 1. The molecule has 0 radical (unpaired) electrons. The predicted octanol–water partition coefficient (Wildman–Crippen LogP) is 0.0475. The maximum absolute atomic E-state index is 8.55. The van der Waals surface area contributed by atoms with Gasteiger partial charge in [0.05, 0.1) is 6.61 Å². The van der Waals surface area contributed by atoms with E-state index in [1.807, 2.05) is 17.8 Å². The van der Waals surface area contributed by atoms with Crippen molar-refractivity contribution in [3.63, 3.8) is 0 Å². The quantitative estimate of drug-likeness (QED) is 0.286. The van der Waals surface area contributed by atoms with Gasteiger partial charge in [0.25, 0.3) is 0 Å². The number of aryl methyl sites for hydroxylation is 1. The Bertz CT molecular complexity index is 391. The smallest absolute Gasteiger partial charge is 0.140 e. The molecule has 1 aromatic heterocycles. The summed E-state index contributed by atoms with van der Waals surface area (Å²) < 4.78 is 6.97. The molecule has 0 bridgehead atoms. The van der Waals surface area contributed by atoms with E-state index >= 15 is 0 Å². The van der Waals surface area contributed by atoms with Gasteiger partial charge >= 0.3 is 0 Å². The average molecular weight is 269 g/mol. The Morgan fingerprint density at radius 2 is 2.32 bits per heavy atom. The second kappa shape index (κ2) is 8.49. The van der Waals surface area contributed by atoms with Gasteiger partial charge in [-0.15, -0.1) is 0 Å². The molecule has 108 valence electrons. The Labute approximate surface area is 113 Å². The van der Waals surface area contributed by atoms with Crippen LogP contribution in [0.15, 0.2) is 17.4 Å². The summed E-state index contributed by atoms with van der Waals surface area (Å²) in [7, 11) is 3.62. The van der Waals surface area contributed by atoms with Crippen LogP contribution < -0.4 is 5.73 Å². The van der Waals surface area contributed by atoms with Crippen LogP contribution in [0.2, 0.25) is 0 Å². The molecule has 0 amide bonds. The molecule has 1 heterocycles. The third-order valence-electron chi connectivity index (χ3n) is 3.03. The Morgan fingerprint density at radius 1 is 1.53 bits per heavy atom. The van der Waals surface area contributed by atoms with Gasteiger partial charge in [0, 0.05) is 58.5 Å². The molecule has 0 atom stereocenters. The van der Waals surface area contributed by atoms with Gasteiger partial charge in [0.2, 0.25) is 0 Å². The highest BCUT2D eigenvalue weighted by Gasteiger charge is 2.08. The summed E-state index contributed by atoms with van der Waals surface area (Å²) in [6.45, 7) is 3.13. The summed E-state index contributed by atoms with van der Waals surface area (Å²) in [6, 6.07) is 2.01. The van der Waals surface area contributed by atoms with E-state index in [0.717, 1.165) is 26.1 Å². The van der Waals surface area contributed by atoms with Crippen molar-refractivity contribution in [2.75, 3.05) is 33.4 Å². The van der Waals surface area contributed by atoms with Crippen LogP contribution in [0.5, 0.6) is 0 Å². The maximum Gasteiger partial charge on any atom is 0.140 e. The van der Waals surface area contributed by atoms with E-state index in [1.165, 1.54) is 5.69 Å². The van der Waals surface area contributed by atoms with E-state index in [-0.39, 0.29) is 5.84 Å². The van der Waals surface area contributed by atoms with Crippen molar-refractivity contribution in [1.82, 2.24) is 14.7 Å². The number of aromatic nitrogens is 2. The van der Waals surface area contributed by atoms with Crippen LogP contribution in [0.3, 0.4) is 0 Å². The topological polar surface area (TPSA) is 88.9 Å². The number of rotatable bonds is 9. The summed E-state index contributed by atoms with van der Waals surface area (Å²) in [5.41, 5.74) is 6.68. The fourth-order valence-electron chi connectivity index (χ4n) is 1.80. The zero-order valence-electron chi connectivity index (χ0n) is 11.6. The Kier molecular flexibility index (Phi) is 6.91. The van der Waals surface area contributed by atoms with Gasteiger partial charge in [-0.2, -0.15) is 5.10 Å². The van der Waals surface area contributed by atoms with Crippen LogP contribution in [0.1, 0.15) is 12.1 Å². The standard InChI is InChI=1S/C12H23N5O2/c1-16-11(3-6-14-16)4-7-17(9-10-19-2)8-5-12(13)15-18/h3,6,18H,4-5,7-10H2,1-2H3,(H2,13,15). The molecule has 0 saturated carbocycles. The van der Waals surface area contributed by atoms with Crippen LogP contribution in [-0.2, 0) is 18.2 Å². The Balaban J connectivity index is 2.42. The second-order valence-corrected chi connectivity index (χ2v) is 4.37. The molecule has 1 rings (SSSR count). The first kappa shape index (κ1) is 15.5.